The van der Waals surface area contributed by atoms with Crippen molar-refractivity contribution in [1.82, 2.24) is 5.43 Å². The van der Waals surface area contributed by atoms with Crippen LogP contribution in [0.2, 0.25) is 5.02 Å². The summed E-state index contributed by atoms with van der Waals surface area (Å²) in [5, 5.41) is 0.258. The van der Waals surface area contributed by atoms with Crippen LogP contribution >= 0.6 is 11.6 Å². The largest absolute Gasteiger partial charge is 0.488 e. The molecule has 3 N–H and O–H groups in total. The van der Waals surface area contributed by atoms with Gasteiger partial charge in [-0.3, -0.25) is 11.3 Å². The highest BCUT2D eigenvalue weighted by atomic mass is 35.5. The van der Waals surface area contributed by atoms with Crippen molar-refractivity contribution in [2.45, 2.75) is 13.0 Å². The molecule has 1 aromatic rings. The summed E-state index contributed by atoms with van der Waals surface area (Å²) >= 11 is 5.76. The summed E-state index contributed by atoms with van der Waals surface area (Å²) in [5.41, 5.74) is 2.48. The second-order valence-corrected chi connectivity index (χ2v) is 3.32. The van der Waals surface area contributed by atoms with Crippen molar-refractivity contribution >= 4 is 11.6 Å². The number of halogens is 2. The van der Waals surface area contributed by atoms with E-state index in [0.29, 0.717) is 12.3 Å². The molecule has 0 radical (unpaired) electrons. The van der Waals surface area contributed by atoms with Crippen LogP contribution < -0.4 is 16.0 Å². The molecule has 0 spiro atoms. The highest BCUT2D eigenvalue weighted by Crippen LogP contribution is 2.25. The molecule has 0 bridgehead atoms. The Balaban J connectivity index is 2.67. The van der Waals surface area contributed by atoms with Gasteiger partial charge in [0.15, 0.2) is 0 Å². The van der Waals surface area contributed by atoms with E-state index in [9.17, 15) is 4.39 Å². The Morgan fingerprint density at radius 1 is 1.64 bits per heavy atom. The van der Waals surface area contributed by atoms with Crippen LogP contribution in [-0.4, -0.2) is 12.6 Å². The monoisotopic (exact) mass is 218 g/mol. The molecule has 0 heterocycles. The first-order valence-electron chi connectivity index (χ1n) is 4.18. The number of hydrogen-bond acceptors (Lipinski definition) is 3. The highest BCUT2D eigenvalue weighted by molar-refractivity contribution is 6.32. The van der Waals surface area contributed by atoms with Crippen LogP contribution in [0.25, 0.3) is 0 Å². The molecule has 0 aliphatic heterocycles. The van der Waals surface area contributed by atoms with Crippen molar-refractivity contribution in [3.8, 4) is 5.75 Å². The standard InChI is InChI=1S/C9H12ClFN2O/c1-6(5-13-12)14-9-3-2-7(11)4-8(9)10/h2-4,6,13H,5,12H2,1H3. The van der Waals surface area contributed by atoms with E-state index in [-0.39, 0.29) is 16.9 Å². The zero-order valence-corrected chi connectivity index (χ0v) is 8.51. The van der Waals surface area contributed by atoms with E-state index in [1.165, 1.54) is 18.2 Å². The lowest BCUT2D eigenvalue weighted by molar-refractivity contribution is 0.218. The third-order valence-corrected chi connectivity index (χ3v) is 1.92. The third-order valence-electron chi connectivity index (χ3n) is 1.63. The second kappa shape index (κ2) is 5.14. The minimum atomic E-state index is -0.382. The molecule has 78 valence electrons. The van der Waals surface area contributed by atoms with Crippen LogP contribution in [0.3, 0.4) is 0 Å². The molecule has 0 aliphatic carbocycles. The summed E-state index contributed by atoms with van der Waals surface area (Å²) in [6, 6.07) is 3.99. The van der Waals surface area contributed by atoms with Crippen LogP contribution in [0, 0.1) is 5.82 Å². The summed E-state index contributed by atoms with van der Waals surface area (Å²) in [7, 11) is 0. The molecule has 0 amide bonds. The van der Waals surface area contributed by atoms with E-state index >= 15 is 0 Å². The minimum absolute atomic E-state index is 0.122. The van der Waals surface area contributed by atoms with Gasteiger partial charge in [-0.15, -0.1) is 0 Å². The van der Waals surface area contributed by atoms with Crippen LogP contribution in [0.15, 0.2) is 18.2 Å². The smallest absolute Gasteiger partial charge is 0.138 e. The fraction of sp³-hybridized carbons (Fsp3) is 0.333. The van der Waals surface area contributed by atoms with Gasteiger partial charge < -0.3 is 4.74 Å². The van der Waals surface area contributed by atoms with Crippen molar-refractivity contribution in [3.05, 3.63) is 29.0 Å². The SMILES string of the molecule is CC(CNN)Oc1ccc(F)cc1Cl. The predicted molar refractivity (Wildman–Crippen MR) is 53.7 cm³/mol. The van der Waals surface area contributed by atoms with Gasteiger partial charge in [0.25, 0.3) is 0 Å². The average molecular weight is 219 g/mol. The summed E-state index contributed by atoms with van der Waals surface area (Å²) in [5.74, 6) is 5.19. The molecule has 1 atom stereocenters. The maximum Gasteiger partial charge on any atom is 0.138 e. The first-order valence-corrected chi connectivity index (χ1v) is 4.56. The zero-order valence-electron chi connectivity index (χ0n) is 7.76. The van der Waals surface area contributed by atoms with Gasteiger partial charge in [-0.2, -0.15) is 0 Å². The second-order valence-electron chi connectivity index (χ2n) is 2.91. The quantitative estimate of drug-likeness (QED) is 0.598. The van der Waals surface area contributed by atoms with Gasteiger partial charge in [0.2, 0.25) is 0 Å². The number of nitrogens with one attached hydrogen (secondary N) is 1. The first kappa shape index (κ1) is 11.2. The van der Waals surface area contributed by atoms with E-state index in [4.69, 9.17) is 22.2 Å². The molecule has 1 rings (SSSR count). The molecule has 0 aromatic heterocycles. The van der Waals surface area contributed by atoms with E-state index in [0.717, 1.165) is 0 Å². The van der Waals surface area contributed by atoms with Gasteiger partial charge in [0, 0.05) is 6.54 Å². The Hall–Kier alpha value is -0.840. The number of benzene rings is 1. The zero-order chi connectivity index (χ0) is 10.6. The summed E-state index contributed by atoms with van der Waals surface area (Å²) in [4.78, 5) is 0. The maximum absolute atomic E-state index is 12.7. The fourth-order valence-corrected chi connectivity index (χ4v) is 1.21. The van der Waals surface area contributed by atoms with Gasteiger partial charge in [-0.25, -0.2) is 4.39 Å². The Bertz CT molecular complexity index is 309. The summed E-state index contributed by atoms with van der Waals surface area (Å²) in [6.45, 7) is 2.33. The Labute approximate surface area is 87.0 Å². The van der Waals surface area contributed by atoms with Crippen LogP contribution in [0.5, 0.6) is 5.75 Å². The number of rotatable bonds is 4. The Morgan fingerprint density at radius 2 is 2.36 bits per heavy atom. The molecule has 0 fully saturated rings. The molecular formula is C9H12ClFN2O. The molecule has 1 aromatic carbocycles. The molecule has 5 heteroatoms. The Kier molecular flexibility index (Phi) is 4.13. The maximum atomic E-state index is 12.7. The van der Waals surface area contributed by atoms with Gasteiger partial charge in [-0.1, -0.05) is 11.6 Å². The minimum Gasteiger partial charge on any atom is -0.488 e. The molecule has 3 nitrogen and oxygen atoms in total. The van der Waals surface area contributed by atoms with E-state index in [2.05, 4.69) is 5.43 Å². The van der Waals surface area contributed by atoms with E-state index in [1.54, 1.807) is 0 Å². The van der Waals surface area contributed by atoms with Crippen LogP contribution in [-0.2, 0) is 0 Å². The lowest BCUT2D eigenvalue weighted by Gasteiger charge is -2.14. The molecular weight excluding hydrogens is 207 g/mol. The van der Waals surface area contributed by atoms with Crippen molar-refractivity contribution in [3.63, 3.8) is 0 Å². The van der Waals surface area contributed by atoms with Crippen LogP contribution in [0.1, 0.15) is 6.92 Å². The molecule has 0 saturated carbocycles. The number of ether oxygens (including phenoxy) is 1. The molecule has 14 heavy (non-hydrogen) atoms. The van der Waals surface area contributed by atoms with E-state index < -0.39 is 0 Å². The molecule has 1 unspecified atom stereocenters. The number of hydrogen-bond donors (Lipinski definition) is 2. The predicted octanol–water partition coefficient (Wildman–Crippen LogP) is 1.71. The van der Waals surface area contributed by atoms with Crippen molar-refractivity contribution in [2.75, 3.05) is 6.54 Å². The van der Waals surface area contributed by atoms with Crippen molar-refractivity contribution < 1.29 is 9.13 Å². The van der Waals surface area contributed by atoms with Gasteiger partial charge in [0.05, 0.1) is 5.02 Å². The summed E-state index contributed by atoms with van der Waals surface area (Å²) < 4.78 is 18.1. The number of nitrogens with two attached hydrogens (primary N) is 1. The Morgan fingerprint density at radius 3 is 2.93 bits per heavy atom. The van der Waals surface area contributed by atoms with Gasteiger partial charge >= 0.3 is 0 Å². The van der Waals surface area contributed by atoms with Gasteiger partial charge in [-0.05, 0) is 25.1 Å². The van der Waals surface area contributed by atoms with E-state index in [1.807, 2.05) is 6.92 Å². The fourth-order valence-electron chi connectivity index (χ4n) is 0.995. The lowest BCUT2D eigenvalue weighted by atomic mass is 10.3. The lowest BCUT2D eigenvalue weighted by Crippen LogP contribution is -2.33. The normalized spacial score (nSPS) is 12.6. The van der Waals surface area contributed by atoms with Gasteiger partial charge in [0.1, 0.15) is 17.7 Å². The molecule has 0 saturated heterocycles. The third kappa shape index (κ3) is 3.14. The first-order chi connectivity index (χ1) is 6.63. The topological polar surface area (TPSA) is 47.3 Å². The summed E-state index contributed by atoms with van der Waals surface area (Å²) in [6.07, 6.45) is -0.122. The average Bonchev–Trinajstić information content (AvgIpc) is 2.10. The molecule has 0 aliphatic rings. The van der Waals surface area contributed by atoms with Crippen molar-refractivity contribution in [2.24, 2.45) is 5.84 Å². The van der Waals surface area contributed by atoms with Crippen molar-refractivity contribution in [1.29, 1.82) is 0 Å². The highest BCUT2D eigenvalue weighted by Gasteiger charge is 2.07. The van der Waals surface area contributed by atoms with Crippen LogP contribution in [0.4, 0.5) is 4.39 Å². The number of hydrazine groups is 1.